The lowest BCUT2D eigenvalue weighted by Gasteiger charge is -2.18. The molecule has 4 aromatic carbocycles. The first-order valence-electron chi connectivity index (χ1n) is 12.2. The maximum atomic E-state index is 11.7. The Balaban J connectivity index is 1.30. The highest BCUT2D eigenvalue weighted by molar-refractivity contribution is 5.99. The topological polar surface area (TPSA) is 44.8 Å². The quantitative estimate of drug-likeness (QED) is 0.301. The smallest absolute Gasteiger partial charge is 0.306 e. The molecule has 0 saturated carbocycles. The van der Waals surface area contributed by atoms with Crippen LogP contribution in [0.25, 0.3) is 21.9 Å². The lowest BCUT2D eigenvalue weighted by molar-refractivity contribution is -0.141. The Labute approximate surface area is 205 Å². The summed E-state index contributed by atoms with van der Waals surface area (Å²) in [6.07, 6.45) is 2.27. The molecule has 1 heterocycles. The average molecular weight is 465 g/mol. The number of aryl methyl sites for hydroxylation is 1. The van der Waals surface area contributed by atoms with Crippen LogP contribution in [-0.4, -0.2) is 19.7 Å². The molecule has 176 valence electrons. The molecule has 0 saturated heterocycles. The van der Waals surface area contributed by atoms with E-state index in [2.05, 4.69) is 61.5 Å². The lowest BCUT2D eigenvalue weighted by Crippen LogP contribution is -2.09. The van der Waals surface area contributed by atoms with Crippen LogP contribution in [0.2, 0.25) is 0 Å². The molecule has 0 aromatic heterocycles. The number of benzene rings is 4. The van der Waals surface area contributed by atoms with Gasteiger partial charge >= 0.3 is 5.97 Å². The molecule has 2 aliphatic rings. The summed E-state index contributed by atoms with van der Waals surface area (Å²) < 4.78 is 17.2. The van der Waals surface area contributed by atoms with Gasteiger partial charge in [0, 0.05) is 17.5 Å². The van der Waals surface area contributed by atoms with Crippen molar-refractivity contribution in [2.24, 2.45) is 0 Å². The maximum Gasteiger partial charge on any atom is 0.306 e. The molecule has 6 rings (SSSR count). The molecule has 1 aliphatic heterocycles. The number of hydrogen-bond donors (Lipinski definition) is 0. The Morgan fingerprint density at radius 3 is 2.77 bits per heavy atom. The fourth-order valence-corrected chi connectivity index (χ4v) is 5.66. The van der Waals surface area contributed by atoms with E-state index in [1.165, 1.54) is 45.7 Å². The zero-order chi connectivity index (χ0) is 23.9. The van der Waals surface area contributed by atoms with E-state index in [9.17, 15) is 4.79 Å². The summed E-state index contributed by atoms with van der Waals surface area (Å²) in [6.45, 7) is 2.69. The zero-order valence-corrected chi connectivity index (χ0v) is 20.0. The van der Waals surface area contributed by atoms with E-state index in [1.807, 2.05) is 18.2 Å². The molecular weight excluding hydrogens is 436 g/mol. The number of methoxy groups -OCH3 is 1. The van der Waals surface area contributed by atoms with Gasteiger partial charge in [-0.1, -0.05) is 60.7 Å². The fraction of sp³-hybridized carbons (Fsp3) is 0.258. The molecule has 0 spiro atoms. The van der Waals surface area contributed by atoms with Gasteiger partial charge in [-0.25, -0.2) is 0 Å². The van der Waals surface area contributed by atoms with E-state index in [0.717, 1.165) is 29.9 Å². The molecular formula is C31H28O4. The minimum absolute atomic E-state index is 0.00514. The van der Waals surface area contributed by atoms with Gasteiger partial charge in [0.1, 0.15) is 17.6 Å². The zero-order valence-electron chi connectivity index (χ0n) is 20.0. The van der Waals surface area contributed by atoms with Crippen LogP contribution in [0.15, 0.2) is 72.8 Å². The number of esters is 1. The standard InChI is InChI=1S/C31H28O4/c1-19-10-11-20-6-3-4-7-24(20)31(19)27-9-5-8-26-25(27)14-15-28(26)35-22-12-13-23-21(16-30(32)33-2)18-34-29(23)17-22/h3-13,17,21,28H,14-16,18H2,1-2H3/t21?,28-/m1/s1. The second-order valence-electron chi connectivity index (χ2n) is 9.48. The predicted octanol–water partition coefficient (Wildman–Crippen LogP) is 6.92. The Morgan fingerprint density at radius 2 is 1.89 bits per heavy atom. The minimum atomic E-state index is -0.216. The first-order chi connectivity index (χ1) is 17.1. The molecule has 4 aromatic rings. The Kier molecular flexibility index (Phi) is 5.44. The molecule has 0 fully saturated rings. The number of carbonyl (C=O) groups excluding carboxylic acids is 1. The van der Waals surface area contributed by atoms with Crippen LogP contribution in [-0.2, 0) is 16.0 Å². The third-order valence-electron chi connectivity index (χ3n) is 7.41. The van der Waals surface area contributed by atoms with Crippen LogP contribution in [0, 0.1) is 6.92 Å². The third kappa shape index (κ3) is 3.83. The van der Waals surface area contributed by atoms with Crippen LogP contribution >= 0.6 is 0 Å². The fourth-order valence-electron chi connectivity index (χ4n) is 5.66. The monoisotopic (exact) mass is 464 g/mol. The average Bonchev–Trinajstić information content (AvgIpc) is 3.48. The Hall–Kier alpha value is -3.79. The van der Waals surface area contributed by atoms with Crippen LogP contribution in [0.3, 0.4) is 0 Å². The van der Waals surface area contributed by atoms with Crippen LogP contribution < -0.4 is 9.47 Å². The van der Waals surface area contributed by atoms with Crippen molar-refractivity contribution in [1.29, 1.82) is 0 Å². The van der Waals surface area contributed by atoms with Gasteiger partial charge in [0.25, 0.3) is 0 Å². The second kappa shape index (κ2) is 8.77. The first-order valence-corrected chi connectivity index (χ1v) is 12.2. The predicted molar refractivity (Wildman–Crippen MR) is 137 cm³/mol. The van der Waals surface area contributed by atoms with Crippen molar-refractivity contribution in [3.8, 4) is 22.6 Å². The molecule has 0 N–H and O–H groups in total. The van der Waals surface area contributed by atoms with Crippen molar-refractivity contribution in [2.75, 3.05) is 13.7 Å². The van der Waals surface area contributed by atoms with Crippen LogP contribution in [0.4, 0.5) is 0 Å². The summed E-state index contributed by atoms with van der Waals surface area (Å²) in [6, 6.07) is 25.6. The minimum Gasteiger partial charge on any atom is -0.492 e. The van der Waals surface area contributed by atoms with Crippen molar-refractivity contribution < 1.29 is 19.0 Å². The Morgan fingerprint density at radius 1 is 1.00 bits per heavy atom. The molecule has 2 atom stereocenters. The van der Waals surface area contributed by atoms with E-state index < -0.39 is 0 Å². The molecule has 0 bridgehead atoms. The summed E-state index contributed by atoms with van der Waals surface area (Å²) in [5.74, 6) is 1.42. The highest BCUT2D eigenvalue weighted by Gasteiger charge is 2.30. The van der Waals surface area contributed by atoms with E-state index in [-0.39, 0.29) is 18.0 Å². The first kappa shape index (κ1) is 21.7. The Bertz CT molecular complexity index is 1440. The maximum absolute atomic E-state index is 11.7. The summed E-state index contributed by atoms with van der Waals surface area (Å²) in [4.78, 5) is 11.7. The number of fused-ring (bicyclic) bond motifs is 3. The van der Waals surface area contributed by atoms with Gasteiger partial charge < -0.3 is 14.2 Å². The van der Waals surface area contributed by atoms with E-state index in [1.54, 1.807) is 0 Å². The second-order valence-corrected chi connectivity index (χ2v) is 9.48. The van der Waals surface area contributed by atoms with Gasteiger partial charge in [-0.15, -0.1) is 0 Å². The van der Waals surface area contributed by atoms with Gasteiger partial charge in [0.2, 0.25) is 0 Å². The molecule has 1 aliphatic carbocycles. The summed E-state index contributed by atoms with van der Waals surface area (Å²) in [5, 5.41) is 2.56. The number of hydrogen-bond acceptors (Lipinski definition) is 4. The largest absolute Gasteiger partial charge is 0.492 e. The van der Waals surface area contributed by atoms with Crippen molar-refractivity contribution in [3.05, 3.63) is 95.1 Å². The molecule has 35 heavy (non-hydrogen) atoms. The molecule has 0 amide bonds. The summed E-state index contributed by atoms with van der Waals surface area (Å²) in [5.41, 5.74) is 7.61. The molecule has 0 radical (unpaired) electrons. The van der Waals surface area contributed by atoms with Gasteiger partial charge in [-0.3, -0.25) is 4.79 Å². The lowest BCUT2D eigenvalue weighted by atomic mass is 9.90. The third-order valence-corrected chi connectivity index (χ3v) is 7.41. The number of ether oxygens (including phenoxy) is 3. The van der Waals surface area contributed by atoms with Gasteiger partial charge in [0.05, 0.1) is 20.1 Å². The highest BCUT2D eigenvalue weighted by Crippen LogP contribution is 2.44. The van der Waals surface area contributed by atoms with E-state index >= 15 is 0 Å². The van der Waals surface area contributed by atoms with Gasteiger partial charge in [-0.05, 0) is 64.4 Å². The summed E-state index contributed by atoms with van der Waals surface area (Å²) >= 11 is 0. The van der Waals surface area contributed by atoms with Crippen molar-refractivity contribution in [1.82, 2.24) is 0 Å². The SMILES string of the molecule is COC(=O)CC1COc2cc(O[C@@H]3CCc4c(-c5c(C)ccc6ccccc56)cccc43)ccc21. The van der Waals surface area contributed by atoms with Crippen molar-refractivity contribution in [2.45, 2.75) is 38.2 Å². The van der Waals surface area contributed by atoms with Crippen LogP contribution in [0.1, 0.15) is 47.1 Å². The van der Waals surface area contributed by atoms with Crippen LogP contribution in [0.5, 0.6) is 11.5 Å². The molecule has 4 heteroatoms. The summed E-state index contributed by atoms with van der Waals surface area (Å²) in [7, 11) is 1.42. The normalized spacial score (nSPS) is 18.1. The highest BCUT2D eigenvalue weighted by atomic mass is 16.5. The van der Waals surface area contributed by atoms with Crippen molar-refractivity contribution >= 4 is 16.7 Å². The molecule has 1 unspecified atom stereocenters. The van der Waals surface area contributed by atoms with Gasteiger partial charge in [-0.2, -0.15) is 0 Å². The molecule has 4 nitrogen and oxygen atoms in total. The van der Waals surface area contributed by atoms with Crippen molar-refractivity contribution in [3.63, 3.8) is 0 Å². The number of rotatable bonds is 5. The van der Waals surface area contributed by atoms with Gasteiger partial charge in [0.15, 0.2) is 0 Å². The van der Waals surface area contributed by atoms with E-state index in [4.69, 9.17) is 14.2 Å². The van der Waals surface area contributed by atoms with E-state index in [0.29, 0.717) is 13.0 Å². The number of carbonyl (C=O) groups is 1.